The van der Waals surface area contributed by atoms with Crippen LogP contribution in [0.3, 0.4) is 0 Å². The van der Waals surface area contributed by atoms with Crippen LogP contribution in [0.1, 0.15) is 22.3 Å². The lowest BCUT2D eigenvalue weighted by Crippen LogP contribution is -2.24. The van der Waals surface area contributed by atoms with Crippen molar-refractivity contribution in [1.29, 1.82) is 5.26 Å². The molecule has 0 atom stereocenters. The van der Waals surface area contributed by atoms with Gasteiger partial charge >= 0.3 is 0 Å². The Bertz CT molecular complexity index is 1310. The van der Waals surface area contributed by atoms with E-state index in [4.69, 9.17) is 18.9 Å². The smallest absolute Gasteiger partial charge is 0.262 e. The first-order valence-corrected chi connectivity index (χ1v) is 12.1. The minimum Gasteiger partial charge on any atom is -0.497 e. The number of hydrogen-bond acceptors (Lipinski definition) is 6. The predicted molar refractivity (Wildman–Crippen MR) is 146 cm³/mol. The summed E-state index contributed by atoms with van der Waals surface area (Å²) in [6, 6.07) is 19.0. The number of carbonyl (C=O) groups excluding carboxylic acids is 1. The molecule has 1 N–H and O–H groups in total. The molecule has 0 heterocycles. The molecule has 186 valence electrons. The van der Waals surface area contributed by atoms with Crippen LogP contribution >= 0.6 is 22.6 Å². The highest BCUT2D eigenvalue weighted by Gasteiger charge is 2.15. The second kappa shape index (κ2) is 12.8. The van der Waals surface area contributed by atoms with Crippen LogP contribution in [-0.4, -0.2) is 27.2 Å². The van der Waals surface area contributed by atoms with E-state index in [0.717, 1.165) is 20.3 Å². The predicted octanol–water partition coefficient (Wildman–Crippen LogP) is 5.43. The van der Waals surface area contributed by atoms with Gasteiger partial charge in [-0.1, -0.05) is 29.8 Å². The largest absolute Gasteiger partial charge is 0.497 e. The lowest BCUT2D eigenvalue weighted by Gasteiger charge is -2.14. The van der Waals surface area contributed by atoms with Gasteiger partial charge in [-0.25, -0.2) is 0 Å². The molecular weight excluding hydrogens is 571 g/mol. The zero-order chi connectivity index (χ0) is 26.1. The third-order valence-electron chi connectivity index (χ3n) is 5.33. The molecule has 36 heavy (non-hydrogen) atoms. The molecule has 0 fully saturated rings. The van der Waals surface area contributed by atoms with Gasteiger partial charge in [0.25, 0.3) is 5.91 Å². The van der Waals surface area contributed by atoms with Crippen LogP contribution in [0.15, 0.2) is 60.2 Å². The number of carbonyl (C=O) groups is 1. The minimum atomic E-state index is -0.496. The number of amides is 1. The van der Waals surface area contributed by atoms with E-state index < -0.39 is 5.91 Å². The average molecular weight is 598 g/mol. The number of nitrogens with zero attached hydrogens (tertiary/aromatic N) is 1. The highest BCUT2D eigenvalue weighted by Crippen LogP contribution is 2.35. The van der Waals surface area contributed by atoms with E-state index in [-0.39, 0.29) is 12.1 Å². The van der Waals surface area contributed by atoms with Crippen molar-refractivity contribution < 1.29 is 23.7 Å². The Kier molecular flexibility index (Phi) is 9.59. The zero-order valence-electron chi connectivity index (χ0n) is 20.6. The Hall–Kier alpha value is -3.71. The first-order chi connectivity index (χ1) is 17.4. The van der Waals surface area contributed by atoms with Crippen LogP contribution < -0.4 is 24.3 Å². The molecule has 3 rings (SSSR count). The van der Waals surface area contributed by atoms with Crippen molar-refractivity contribution in [2.24, 2.45) is 0 Å². The SMILES string of the molecule is COc1ccc(CNC(=O)/C(C#N)=C/c2cc(I)c(OCc3cccc(C)c3)c(OC)c2)c(OC)c1. The molecule has 1 amide bonds. The van der Waals surface area contributed by atoms with E-state index in [1.165, 1.54) is 6.08 Å². The van der Waals surface area contributed by atoms with Crippen LogP contribution in [0.5, 0.6) is 23.0 Å². The van der Waals surface area contributed by atoms with Crippen molar-refractivity contribution in [3.05, 3.63) is 86.0 Å². The molecule has 8 heteroatoms. The van der Waals surface area contributed by atoms with Gasteiger partial charge in [-0.15, -0.1) is 0 Å². The normalized spacial score (nSPS) is 10.8. The first-order valence-electron chi connectivity index (χ1n) is 11.0. The van der Waals surface area contributed by atoms with Gasteiger partial charge in [-0.05, 0) is 71.0 Å². The number of ether oxygens (including phenoxy) is 4. The summed E-state index contributed by atoms with van der Waals surface area (Å²) in [6.45, 7) is 2.62. The Morgan fingerprint density at radius 2 is 1.81 bits per heavy atom. The Morgan fingerprint density at radius 3 is 2.47 bits per heavy atom. The summed E-state index contributed by atoms with van der Waals surface area (Å²) >= 11 is 2.16. The number of benzene rings is 3. The maximum Gasteiger partial charge on any atom is 0.262 e. The number of nitriles is 1. The van der Waals surface area contributed by atoms with Crippen LogP contribution in [0.4, 0.5) is 0 Å². The summed E-state index contributed by atoms with van der Waals surface area (Å²) in [5, 5.41) is 12.4. The Morgan fingerprint density at radius 1 is 1.03 bits per heavy atom. The maximum atomic E-state index is 12.7. The highest BCUT2D eigenvalue weighted by atomic mass is 127. The van der Waals surface area contributed by atoms with E-state index in [9.17, 15) is 10.1 Å². The van der Waals surface area contributed by atoms with Crippen molar-refractivity contribution in [3.8, 4) is 29.1 Å². The molecule has 0 saturated carbocycles. The molecule has 7 nitrogen and oxygen atoms in total. The van der Waals surface area contributed by atoms with E-state index in [2.05, 4.69) is 34.0 Å². The molecule has 0 unspecified atom stereocenters. The van der Waals surface area contributed by atoms with Crippen molar-refractivity contribution >= 4 is 34.6 Å². The fourth-order valence-electron chi connectivity index (χ4n) is 3.50. The summed E-state index contributed by atoms with van der Waals surface area (Å²) in [6.07, 6.45) is 1.52. The van der Waals surface area contributed by atoms with Gasteiger partial charge < -0.3 is 24.3 Å². The van der Waals surface area contributed by atoms with Crippen molar-refractivity contribution in [3.63, 3.8) is 0 Å². The third-order valence-corrected chi connectivity index (χ3v) is 6.13. The Labute approximate surface area is 224 Å². The number of halogens is 1. The van der Waals surface area contributed by atoms with E-state index in [0.29, 0.717) is 35.2 Å². The quantitative estimate of drug-likeness (QED) is 0.190. The average Bonchev–Trinajstić information content (AvgIpc) is 2.89. The molecule has 0 bridgehead atoms. The number of rotatable bonds is 10. The monoisotopic (exact) mass is 598 g/mol. The number of aryl methyl sites for hydroxylation is 1. The molecule has 0 aliphatic rings. The Balaban J connectivity index is 1.76. The molecule has 0 radical (unpaired) electrons. The van der Waals surface area contributed by atoms with Crippen LogP contribution in [-0.2, 0) is 17.9 Å². The van der Waals surface area contributed by atoms with Gasteiger partial charge in [0.05, 0.1) is 24.9 Å². The summed E-state index contributed by atoms with van der Waals surface area (Å²) in [7, 11) is 4.67. The number of nitrogens with one attached hydrogen (secondary N) is 1. The van der Waals surface area contributed by atoms with Crippen LogP contribution in [0.2, 0.25) is 0 Å². The van der Waals surface area contributed by atoms with E-state index in [1.807, 2.05) is 37.3 Å². The molecule has 3 aromatic carbocycles. The molecule has 0 aliphatic carbocycles. The molecule has 3 aromatic rings. The third kappa shape index (κ3) is 6.92. The number of hydrogen-bond donors (Lipinski definition) is 1. The van der Waals surface area contributed by atoms with E-state index >= 15 is 0 Å². The summed E-state index contributed by atoms with van der Waals surface area (Å²) in [4.78, 5) is 12.7. The van der Waals surface area contributed by atoms with E-state index in [1.54, 1.807) is 45.6 Å². The number of methoxy groups -OCH3 is 3. The standard InChI is InChI=1S/C28H27IN2O5/c1-18-6-5-7-19(10-18)17-36-27-24(29)12-20(13-26(27)35-4)11-22(15-30)28(32)31-16-21-8-9-23(33-2)14-25(21)34-3/h5-14H,16-17H2,1-4H3,(H,31,32)/b22-11+. The fraction of sp³-hybridized carbons (Fsp3) is 0.214. The van der Waals surface area contributed by atoms with Gasteiger partial charge in [-0.3, -0.25) is 4.79 Å². The van der Waals surface area contributed by atoms with Gasteiger partial charge in [0.1, 0.15) is 29.7 Å². The second-order valence-corrected chi connectivity index (χ2v) is 9.00. The van der Waals surface area contributed by atoms with Crippen molar-refractivity contribution in [1.82, 2.24) is 5.32 Å². The molecule has 0 saturated heterocycles. The minimum absolute atomic E-state index is 0.0336. The molecule has 0 aromatic heterocycles. The lowest BCUT2D eigenvalue weighted by molar-refractivity contribution is -0.117. The summed E-state index contributed by atoms with van der Waals surface area (Å²) in [5.41, 5.74) is 3.58. The van der Waals surface area contributed by atoms with Crippen molar-refractivity contribution in [2.45, 2.75) is 20.1 Å². The zero-order valence-corrected chi connectivity index (χ0v) is 22.7. The van der Waals surface area contributed by atoms with Gasteiger partial charge in [-0.2, -0.15) is 5.26 Å². The second-order valence-electron chi connectivity index (χ2n) is 7.84. The molecular formula is C28H27IN2O5. The topological polar surface area (TPSA) is 89.8 Å². The van der Waals surface area contributed by atoms with Gasteiger partial charge in [0, 0.05) is 18.2 Å². The van der Waals surface area contributed by atoms with Crippen LogP contribution in [0.25, 0.3) is 6.08 Å². The summed E-state index contributed by atoms with van der Waals surface area (Å²) < 4.78 is 22.9. The maximum absolute atomic E-state index is 12.7. The first kappa shape index (κ1) is 26.9. The van der Waals surface area contributed by atoms with Crippen LogP contribution in [0, 0.1) is 21.8 Å². The van der Waals surface area contributed by atoms with Crippen molar-refractivity contribution in [2.75, 3.05) is 21.3 Å². The fourth-order valence-corrected chi connectivity index (χ4v) is 4.29. The van der Waals surface area contributed by atoms with Gasteiger partial charge in [0.2, 0.25) is 0 Å². The molecule has 0 spiro atoms. The summed E-state index contributed by atoms with van der Waals surface area (Å²) in [5.74, 6) is 1.85. The highest BCUT2D eigenvalue weighted by molar-refractivity contribution is 14.1. The van der Waals surface area contributed by atoms with Gasteiger partial charge in [0.15, 0.2) is 11.5 Å². The lowest BCUT2D eigenvalue weighted by atomic mass is 10.1. The molecule has 0 aliphatic heterocycles.